The predicted octanol–water partition coefficient (Wildman–Crippen LogP) is 4.12. The molecule has 0 bridgehead atoms. The van der Waals surface area contributed by atoms with Gasteiger partial charge in [-0.2, -0.15) is 0 Å². The Morgan fingerprint density at radius 1 is 0.919 bits per heavy atom. The minimum atomic E-state index is -1.07. The van der Waals surface area contributed by atoms with Gasteiger partial charge in [0.2, 0.25) is 5.91 Å². The average molecular weight is 559 g/mol. The van der Waals surface area contributed by atoms with E-state index in [-0.39, 0.29) is 30.7 Å². The molecular weight excluding hydrogens is 517 g/mol. The molecule has 1 aromatic carbocycles. The molecule has 1 aromatic rings. The first-order valence-electron chi connectivity index (χ1n) is 13.1. The highest BCUT2D eigenvalue weighted by Gasteiger charge is 2.53. The SMILES string of the molecule is COc1ccccc1N1CCN(C(C(N)=O)C2(C(=O)OC(=O)C3CCCCC3)CCCCC2)CC1.Cl.Cl. The van der Waals surface area contributed by atoms with Crippen LogP contribution in [-0.2, 0) is 19.1 Å². The molecule has 0 aromatic heterocycles. The minimum absolute atomic E-state index is 0. The first-order chi connectivity index (χ1) is 17.0. The Morgan fingerprint density at radius 2 is 1.51 bits per heavy atom. The molecule has 2 N–H and O–H groups in total. The monoisotopic (exact) mass is 557 g/mol. The fraction of sp³-hybridized carbons (Fsp3) is 0.667. The van der Waals surface area contributed by atoms with Crippen molar-refractivity contribution in [3.8, 4) is 5.75 Å². The number of piperazine rings is 1. The van der Waals surface area contributed by atoms with E-state index >= 15 is 0 Å². The van der Waals surface area contributed by atoms with Crippen LogP contribution in [0.2, 0.25) is 0 Å². The number of hydrogen-bond acceptors (Lipinski definition) is 7. The van der Waals surface area contributed by atoms with Crippen LogP contribution >= 0.6 is 24.8 Å². The van der Waals surface area contributed by atoms with Crippen LogP contribution in [0.3, 0.4) is 0 Å². The topological polar surface area (TPSA) is 102 Å². The lowest BCUT2D eigenvalue weighted by atomic mass is 9.68. The number of para-hydroxylation sites is 2. The van der Waals surface area contributed by atoms with Gasteiger partial charge in [-0.25, -0.2) is 0 Å². The summed E-state index contributed by atoms with van der Waals surface area (Å²) in [5.41, 5.74) is 5.92. The van der Waals surface area contributed by atoms with Gasteiger partial charge in [0.05, 0.1) is 24.1 Å². The molecule has 1 saturated heterocycles. The summed E-state index contributed by atoms with van der Waals surface area (Å²) in [5, 5.41) is 0. The zero-order valence-electron chi connectivity index (χ0n) is 21.7. The molecule has 37 heavy (non-hydrogen) atoms. The Balaban J connectivity index is 0.00000241. The van der Waals surface area contributed by atoms with Gasteiger partial charge in [0.1, 0.15) is 11.8 Å². The van der Waals surface area contributed by atoms with Crippen LogP contribution in [-0.4, -0.2) is 62.1 Å². The molecule has 10 heteroatoms. The predicted molar refractivity (Wildman–Crippen MR) is 147 cm³/mol. The second-order valence-corrected chi connectivity index (χ2v) is 10.3. The number of primary amides is 1. The van der Waals surface area contributed by atoms with Crippen molar-refractivity contribution in [2.45, 2.75) is 70.3 Å². The average Bonchev–Trinajstić information content (AvgIpc) is 2.90. The van der Waals surface area contributed by atoms with Crippen molar-refractivity contribution in [1.29, 1.82) is 0 Å². The van der Waals surface area contributed by atoms with E-state index in [1.165, 1.54) is 0 Å². The van der Waals surface area contributed by atoms with Crippen LogP contribution in [0.4, 0.5) is 5.69 Å². The van der Waals surface area contributed by atoms with Gasteiger partial charge < -0.3 is 20.1 Å². The maximum atomic E-state index is 13.6. The molecule has 8 nitrogen and oxygen atoms in total. The number of ether oxygens (including phenoxy) is 2. The number of rotatable bonds is 7. The summed E-state index contributed by atoms with van der Waals surface area (Å²) in [6, 6.07) is 7.09. The molecule has 208 valence electrons. The van der Waals surface area contributed by atoms with E-state index in [4.69, 9.17) is 15.2 Å². The normalized spacial score (nSPS) is 21.1. The van der Waals surface area contributed by atoms with Crippen molar-refractivity contribution in [1.82, 2.24) is 4.90 Å². The van der Waals surface area contributed by atoms with Crippen LogP contribution in [0.5, 0.6) is 5.75 Å². The largest absolute Gasteiger partial charge is 0.495 e. The van der Waals surface area contributed by atoms with E-state index in [9.17, 15) is 14.4 Å². The smallest absolute Gasteiger partial charge is 0.321 e. The fourth-order valence-corrected chi connectivity index (χ4v) is 6.30. The molecule has 3 fully saturated rings. The van der Waals surface area contributed by atoms with Gasteiger partial charge in [0, 0.05) is 26.2 Å². The maximum absolute atomic E-state index is 13.6. The zero-order chi connectivity index (χ0) is 24.8. The maximum Gasteiger partial charge on any atom is 0.321 e. The highest BCUT2D eigenvalue weighted by Crippen LogP contribution is 2.43. The van der Waals surface area contributed by atoms with Crippen molar-refractivity contribution in [3.63, 3.8) is 0 Å². The Bertz CT molecular complexity index is 911. The van der Waals surface area contributed by atoms with E-state index in [0.29, 0.717) is 39.0 Å². The van der Waals surface area contributed by atoms with Gasteiger partial charge in [-0.1, -0.05) is 50.7 Å². The number of halogens is 2. The number of amides is 1. The number of carbonyl (C=O) groups is 3. The van der Waals surface area contributed by atoms with Gasteiger partial charge >= 0.3 is 11.9 Å². The lowest BCUT2D eigenvalue weighted by molar-refractivity contribution is -0.177. The summed E-state index contributed by atoms with van der Waals surface area (Å²) in [5.74, 6) is -0.905. The highest BCUT2D eigenvalue weighted by molar-refractivity contribution is 5.95. The summed E-state index contributed by atoms with van der Waals surface area (Å²) in [7, 11) is 1.66. The van der Waals surface area contributed by atoms with E-state index in [2.05, 4.69) is 4.90 Å². The Hall–Kier alpha value is -2.03. The van der Waals surface area contributed by atoms with Crippen LogP contribution in [0.15, 0.2) is 24.3 Å². The molecule has 1 atom stereocenters. The summed E-state index contributed by atoms with van der Waals surface area (Å²) in [4.78, 5) is 43.6. The molecule has 3 aliphatic rings. The third kappa shape index (κ3) is 6.89. The molecule has 4 rings (SSSR count). The van der Waals surface area contributed by atoms with Crippen LogP contribution < -0.4 is 15.4 Å². The molecular formula is C27H41Cl2N3O5. The van der Waals surface area contributed by atoms with Gasteiger partial charge in [-0.05, 0) is 37.8 Å². The summed E-state index contributed by atoms with van der Waals surface area (Å²) < 4.78 is 11.1. The Morgan fingerprint density at radius 3 is 2.11 bits per heavy atom. The molecule has 1 unspecified atom stereocenters. The third-order valence-electron chi connectivity index (χ3n) is 8.18. The molecule has 1 heterocycles. The van der Waals surface area contributed by atoms with Gasteiger partial charge in [0.15, 0.2) is 0 Å². The summed E-state index contributed by atoms with van der Waals surface area (Å²) >= 11 is 0. The number of nitrogens with two attached hydrogens (primary N) is 1. The number of nitrogens with zero attached hydrogens (tertiary/aromatic N) is 2. The number of methoxy groups -OCH3 is 1. The van der Waals surface area contributed by atoms with E-state index in [1.54, 1.807) is 7.11 Å². The Kier molecular flexibility index (Phi) is 12.0. The lowest BCUT2D eigenvalue weighted by Gasteiger charge is -2.47. The van der Waals surface area contributed by atoms with Crippen molar-refractivity contribution in [3.05, 3.63) is 24.3 Å². The molecule has 2 aliphatic carbocycles. The zero-order valence-corrected chi connectivity index (χ0v) is 23.3. The quantitative estimate of drug-likeness (QED) is 0.397. The number of anilines is 1. The van der Waals surface area contributed by atoms with E-state index in [1.807, 2.05) is 29.2 Å². The molecule has 2 saturated carbocycles. The molecule has 0 radical (unpaired) electrons. The van der Waals surface area contributed by atoms with Crippen molar-refractivity contribution in [2.75, 3.05) is 38.2 Å². The standard InChI is InChI=1S/C27H39N3O5.2ClH/c1-34-22-13-7-6-12-21(22)29-16-18-30(19-17-29)23(24(28)31)27(14-8-3-9-15-27)26(33)35-25(32)20-10-4-2-5-11-20;;/h6-7,12-13,20,23H,2-5,8-11,14-19H2,1H3,(H2,28,31);2*1H. The van der Waals surface area contributed by atoms with Crippen molar-refractivity contribution in [2.24, 2.45) is 17.1 Å². The van der Waals surface area contributed by atoms with E-state index < -0.39 is 29.3 Å². The third-order valence-corrected chi connectivity index (χ3v) is 8.18. The van der Waals surface area contributed by atoms with Crippen LogP contribution in [0.25, 0.3) is 0 Å². The van der Waals surface area contributed by atoms with Gasteiger partial charge in [-0.3, -0.25) is 19.3 Å². The summed E-state index contributed by atoms with van der Waals surface area (Å²) in [6.45, 7) is 2.51. The number of carbonyl (C=O) groups excluding carboxylic acids is 3. The highest BCUT2D eigenvalue weighted by atomic mass is 35.5. The first kappa shape index (κ1) is 31.2. The minimum Gasteiger partial charge on any atom is -0.495 e. The van der Waals surface area contributed by atoms with E-state index in [0.717, 1.165) is 62.8 Å². The second-order valence-electron chi connectivity index (χ2n) is 10.3. The van der Waals surface area contributed by atoms with Crippen molar-refractivity contribution < 1.29 is 23.9 Å². The van der Waals surface area contributed by atoms with Crippen LogP contribution in [0.1, 0.15) is 64.2 Å². The molecule has 1 aliphatic heterocycles. The second kappa shape index (κ2) is 14.2. The van der Waals surface area contributed by atoms with Crippen molar-refractivity contribution >= 4 is 48.3 Å². The Labute approximate surface area is 232 Å². The number of hydrogen-bond donors (Lipinski definition) is 1. The van der Waals surface area contributed by atoms with Gasteiger partial charge in [-0.15, -0.1) is 24.8 Å². The summed E-state index contributed by atoms with van der Waals surface area (Å²) in [6.07, 6.45) is 8.29. The number of esters is 2. The fourth-order valence-electron chi connectivity index (χ4n) is 6.30. The first-order valence-corrected chi connectivity index (χ1v) is 13.1. The lowest BCUT2D eigenvalue weighted by Crippen LogP contribution is -2.63. The van der Waals surface area contributed by atoms with Crippen LogP contribution in [0, 0.1) is 11.3 Å². The van der Waals surface area contributed by atoms with Gasteiger partial charge in [0.25, 0.3) is 0 Å². The molecule has 0 spiro atoms. The number of benzene rings is 1. The molecule has 1 amide bonds.